The molecular formula is C20H23NO. The molecule has 0 saturated heterocycles. The zero-order chi connectivity index (χ0) is 15.5. The summed E-state index contributed by atoms with van der Waals surface area (Å²) >= 11 is 0. The fourth-order valence-electron chi connectivity index (χ4n) is 3.55. The monoisotopic (exact) mass is 293 g/mol. The predicted molar refractivity (Wildman–Crippen MR) is 91.6 cm³/mol. The van der Waals surface area contributed by atoms with Gasteiger partial charge in [0.2, 0.25) is 0 Å². The maximum atomic E-state index is 5.39. The molecule has 2 heteroatoms. The van der Waals surface area contributed by atoms with Crippen LogP contribution in [-0.2, 0) is 6.42 Å². The van der Waals surface area contributed by atoms with Gasteiger partial charge >= 0.3 is 0 Å². The van der Waals surface area contributed by atoms with Crippen LogP contribution < -0.4 is 4.74 Å². The third kappa shape index (κ3) is 2.67. The maximum Gasteiger partial charge on any atom is 0.119 e. The maximum absolute atomic E-state index is 5.39. The van der Waals surface area contributed by atoms with Crippen molar-refractivity contribution in [3.05, 3.63) is 77.9 Å². The number of nitrogens with zero attached hydrogens (tertiary/aromatic N) is 1. The van der Waals surface area contributed by atoms with Crippen LogP contribution in [0.2, 0.25) is 0 Å². The molecule has 0 bridgehead atoms. The van der Waals surface area contributed by atoms with E-state index in [1.165, 1.54) is 16.7 Å². The molecular weight excluding hydrogens is 270 g/mol. The number of hydrogen-bond donors (Lipinski definition) is 0. The van der Waals surface area contributed by atoms with Gasteiger partial charge in [0.1, 0.15) is 5.75 Å². The molecule has 0 heterocycles. The first kappa shape index (κ1) is 14.9. The first-order valence-electron chi connectivity index (χ1n) is 7.77. The van der Waals surface area contributed by atoms with Gasteiger partial charge in [-0.1, -0.05) is 42.5 Å². The lowest BCUT2D eigenvalue weighted by Crippen LogP contribution is -2.35. The van der Waals surface area contributed by atoms with Gasteiger partial charge in [-0.25, -0.2) is 0 Å². The molecule has 0 N–H and O–H groups in total. The second-order valence-electron chi connectivity index (χ2n) is 5.95. The van der Waals surface area contributed by atoms with Gasteiger partial charge in [0.05, 0.1) is 7.11 Å². The topological polar surface area (TPSA) is 12.5 Å². The lowest BCUT2D eigenvalue weighted by Gasteiger charge is -2.29. The first-order chi connectivity index (χ1) is 10.7. The van der Waals surface area contributed by atoms with Crippen molar-refractivity contribution < 1.29 is 4.74 Å². The van der Waals surface area contributed by atoms with E-state index < -0.39 is 0 Å². The highest BCUT2D eigenvalue weighted by molar-refractivity contribution is 5.48. The fourth-order valence-corrected chi connectivity index (χ4v) is 3.55. The third-order valence-corrected chi connectivity index (χ3v) is 4.64. The number of rotatable bonds is 5. The van der Waals surface area contributed by atoms with E-state index in [1.807, 2.05) is 6.08 Å². The van der Waals surface area contributed by atoms with E-state index in [4.69, 9.17) is 4.74 Å². The van der Waals surface area contributed by atoms with E-state index in [2.05, 4.69) is 67.1 Å². The van der Waals surface area contributed by atoms with Crippen LogP contribution in [0.25, 0.3) is 0 Å². The highest BCUT2D eigenvalue weighted by Crippen LogP contribution is 2.41. The standard InChI is InChI=1S/C20H23NO/c1-4-12-21(2)19-14-16-13-17(22-3)10-11-18(16)20(19)15-8-6-5-7-9-15/h4-11,13,19-20H,1,12,14H2,2-3H3/t19-,20-/m0/s1. The Bertz CT molecular complexity index is 650. The summed E-state index contributed by atoms with van der Waals surface area (Å²) in [6, 6.07) is 17.8. The largest absolute Gasteiger partial charge is 0.497 e. The summed E-state index contributed by atoms with van der Waals surface area (Å²) in [5, 5.41) is 0. The fraction of sp³-hybridized carbons (Fsp3) is 0.300. The molecule has 1 aliphatic carbocycles. The summed E-state index contributed by atoms with van der Waals surface area (Å²) in [4.78, 5) is 2.40. The lowest BCUT2D eigenvalue weighted by atomic mass is 9.89. The second-order valence-corrected chi connectivity index (χ2v) is 5.95. The van der Waals surface area contributed by atoms with Gasteiger partial charge in [-0.3, -0.25) is 4.90 Å². The smallest absolute Gasteiger partial charge is 0.119 e. The van der Waals surface area contributed by atoms with Crippen molar-refractivity contribution in [3.63, 3.8) is 0 Å². The molecule has 22 heavy (non-hydrogen) atoms. The van der Waals surface area contributed by atoms with Crippen molar-refractivity contribution in [2.24, 2.45) is 0 Å². The van der Waals surface area contributed by atoms with Crippen LogP contribution >= 0.6 is 0 Å². The van der Waals surface area contributed by atoms with Gasteiger partial charge in [0, 0.05) is 18.5 Å². The van der Waals surface area contributed by atoms with Crippen molar-refractivity contribution in [1.29, 1.82) is 0 Å². The lowest BCUT2D eigenvalue weighted by molar-refractivity contribution is 0.256. The van der Waals surface area contributed by atoms with Gasteiger partial charge in [-0.05, 0) is 42.3 Å². The molecule has 0 saturated carbocycles. The van der Waals surface area contributed by atoms with Crippen LogP contribution in [0.4, 0.5) is 0 Å². The van der Waals surface area contributed by atoms with Crippen molar-refractivity contribution in [2.45, 2.75) is 18.4 Å². The highest BCUT2D eigenvalue weighted by Gasteiger charge is 2.35. The van der Waals surface area contributed by atoms with Gasteiger partial charge < -0.3 is 4.74 Å². The number of benzene rings is 2. The van der Waals surface area contributed by atoms with Crippen LogP contribution in [0, 0.1) is 0 Å². The second kappa shape index (κ2) is 6.37. The van der Waals surface area contributed by atoms with E-state index in [-0.39, 0.29) is 0 Å². The molecule has 0 fully saturated rings. The molecule has 0 aliphatic heterocycles. The van der Waals surface area contributed by atoms with E-state index >= 15 is 0 Å². The Morgan fingerprint density at radius 3 is 2.68 bits per heavy atom. The molecule has 2 nitrogen and oxygen atoms in total. The first-order valence-corrected chi connectivity index (χ1v) is 7.77. The van der Waals surface area contributed by atoms with Gasteiger partial charge in [-0.2, -0.15) is 0 Å². The zero-order valence-electron chi connectivity index (χ0n) is 13.3. The van der Waals surface area contributed by atoms with Crippen LogP contribution in [0.5, 0.6) is 5.75 Å². The van der Waals surface area contributed by atoms with Crippen molar-refractivity contribution in [2.75, 3.05) is 20.7 Å². The summed E-state index contributed by atoms with van der Waals surface area (Å²) < 4.78 is 5.39. The molecule has 2 atom stereocenters. The number of methoxy groups -OCH3 is 1. The van der Waals surface area contributed by atoms with Crippen molar-refractivity contribution in [3.8, 4) is 5.75 Å². The Balaban J connectivity index is 2.03. The Morgan fingerprint density at radius 2 is 2.00 bits per heavy atom. The molecule has 2 aromatic carbocycles. The summed E-state index contributed by atoms with van der Waals surface area (Å²) in [6.07, 6.45) is 3.03. The van der Waals surface area contributed by atoms with Gasteiger partial charge in [0.15, 0.2) is 0 Å². The molecule has 0 radical (unpaired) electrons. The summed E-state index contributed by atoms with van der Waals surface area (Å²) in [6.45, 7) is 4.79. The molecule has 114 valence electrons. The number of hydrogen-bond acceptors (Lipinski definition) is 2. The summed E-state index contributed by atoms with van der Waals surface area (Å²) in [5.41, 5.74) is 4.20. The minimum Gasteiger partial charge on any atom is -0.497 e. The van der Waals surface area contributed by atoms with E-state index in [1.54, 1.807) is 7.11 Å². The molecule has 1 aliphatic rings. The van der Waals surface area contributed by atoms with Crippen LogP contribution in [0.1, 0.15) is 22.6 Å². The van der Waals surface area contributed by atoms with Crippen LogP contribution in [-0.4, -0.2) is 31.6 Å². The Morgan fingerprint density at radius 1 is 1.23 bits per heavy atom. The number of ether oxygens (including phenoxy) is 1. The van der Waals surface area contributed by atoms with Gasteiger partial charge in [-0.15, -0.1) is 6.58 Å². The Hall–Kier alpha value is -2.06. The average Bonchev–Trinajstić information content (AvgIpc) is 2.94. The highest BCUT2D eigenvalue weighted by atomic mass is 16.5. The quantitative estimate of drug-likeness (QED) is 0.776. The SMILES string of the molecule is C=CCN(C)[C@H]1Cc2cc(OC)ccc2[C@@H]1c1ccccc1. The minimum absolute atomic E-state index is 0.409. The van der Waals surface area contributed by atoms with E-state index in [0.29, 0.717) is 12.0 Å². The molecule has 0 unspecified atom stereocenters. The number of fused-ring (bicyclic) bond motifs is 1. The molecule has 0 spiro atoms. The van der Waals surface area contributed by atoms with E-state index in [9.17, 15) is 0 Å². The van der Waals surface area contributed by atoms with Crippen molar-refractivity contribution in [1.82, 2.24) is 4.90 Å². The third-order valence-electron chi connectivity index (χ3n) is 4.64. The Kier molecular flexibility index (Phi) is 4.30. The molecule has 2 aromatic rings. The molecule has 3 rings (SSSR count). The minimum atomic E-state index is 0.409. The Labute approximate surface area is 133 Å². The zero-order valence-corrected chi connectivity index (χ0v) is 13.3. The van der Waals surface area contributed by atoms with Gasteiger partial charge in [0.25, 0.3) is 0 Å². The molecule has 0 amide bonds. The average molecular weight is 293 g/mol. The summed E-state index contributed by atoms with van der Waals surface area (Å²) in [5.74, 6) is 1.35. The molecule has 0 aromatic heterocycles. The number of likely N-dealkylation sites (N-methyl/N-ethyl adjacent to an activating group) is 1. The van der Waals surface area contributed by atoms with Crippen LogP contribution in [0.15, 0.2) is 61.2 Å². The summed E-state index contributed by atoms with van der Waals surface area (Å²) in [7, 11) is 3.91. The van der Waals surface area contributed by atoms with Crippen LogP contribution in [0.3, 0.4) is 0 Å². The normalized spacial score (nSPS) is 20.0. The predicted octanol–water partition coefficient (Wildman–Crippen LogP) is 3.87. The van der Waals surface area contributed by atoms with Crippen molar-refractivity contribution >= 4 is 0 Å². The van der Waals surface area contributed by atoms with E-state index in [0.717, 1.165) is 18.7 Å².